The number of hydrogen-bond acceptors (Lipinski definition) is 4. The second kappa shape index (κ2) is 3.65. The second-order valence-electron chi connectivity index (χ2n) is 2.49. The zero-order valence-electron chi connectivity index (χ0n) is 7.40. The van der Waals surface area contributed by atoms with Gasteiger partial charge in [-0.1, -0.05) is 0 Å². The molecule has 0 bridgehead atoms. The maximum atomic E-state index is 11.1. The van der Waals surface area contributed by atoms with E-state index in [0.29, 0.717) is 12.4 Å². The number of thiophene rings is 1. The number of rotatable bonds is 3. The van der Waals surface area contributed by atoms with Crippen LogP contribution in [-0.4, -0.2) is 15.0 Å². The van der Waals surface area contributed by atoms with Gasteiger partial charge in [0.25, 0.3) is 10.0 Å². The van der Waals surface area contributed by atoms with Crippen LogP contribution in [0.3, 0.4) is 0 Å². The summed E-state index contributed by atoms with van der Waals surface area (Å²) in [6, 6.07) is 1.67. The van der Waals surface area contributed by atoms with Crippen LogP contribution in [0.4, 0.5) is 0 Å². The Morgan fingerprint density at radius 1 is 1.62 bits per heavy atom. The topological polar surface area (TPSA) is 69.4 Å². The van der Waals surface area contributed by atoms with Crippen LogP contribution >= 0.6 is 11.3 Å². The molecule has 74 valence electrons. The van der Waals surface area contributed by atoms with E-state index < -0.39 is 10.0 Å². The summed E-state index contributed by atoms with van der Waals surface area (Å²) in [5, 5.41) is 5.00. The molecule has 0 saturated heterocycles. The minimum atomic E-state index is -3.64. The van der Waals surface area contributed by atoms with Gasteiger partial charge in [-0.3, -0.25) is 0 Å². The first-order valence-electron chi connectivity index (χ1n) is 3.71. The van der Waals surface area contributed by atoms with E-state index >= 15 is 0 Å². The molecule has 0 aliphatic carbocycles. The highest BCUT2D eigenvalue weighted by Crippen LogP contribution is 2.32. The average Bonchev–Trinajstić information content (AvgIpc) is 2.30. The second-order valence-corrected chi connectivity index (χ2v) is 5.50. The highest BCUT2D eigenvalue weighted by atomic mass is 32.2. The highest BCUT2D eigenvalue weighted by Gasteiger charge is 2.18. The lowest BCUT2D eigenvalue weighted by molar-refractivity contribution is 0.334. The Morgan fingerprint density at radius 3 is 2.69 bits per heavy atom. The number of hydrogen-bond donors (Lipinski definition) is 1. The first-order chi connectivity index (χ1) is 5.95. The van der Waals surface area contributed by atoms with Gasteiger partial charge in [0.2, 0.25) is 0 Å². The molecule has 0 amide bonds. The van der Waals surface area contributed by atoms with Gasteiger partial charge in [0.15, 0.2) is 9.96 Å². The molecule has 0 aliphatic rings. The van der Waals surface area contributed by atoms with E-state index in [1.165, 1.54) is 0 Å². The smallest absolute Gasteiger partial charge is 0.251 e. The minimum absolute atomic E-state index is 0.104. The van der Waals surface area contributed by atoms with E-state index in [1.54, 1.807) is 13.0 Å². The lowest BCUT2D eigenvalue weighted by Gasteiger charge is -2.01. The molecule has 0 fully saturated rings. The SMILES string of the molecule is CCOc1cc(C)sc1S(N)(=O)=O. The predicted molar refractivity (Wildman–Crippen MR) is 51.6 cm³/mol. The largest absolute Gasteiger partial charge is 0.492 e. The van der Waals surface area contributed by atoms with E-state index in [1.807, 2.05) is 6.92 Å². The lowest BCUT2D eigenvalue weighted by atomic mass is 10.5. The van der Waals surface area contributed by atoms with Gasteiger partial charge in [0.1, 0.15) is 0 Å². The highest BCUT2D eigenvalue weighted by molar-refractivity contribution is 7.91. The van der Waals surface area contributed by atoms with Crippen LogP contribution in [-0.2, 0) is 10.0 Å². The monoisotopic (exact) mass is 221 g/mol. The summed E-state index contributed by atoms with van der Waals surface area (Å²) in [6.07, 6.45) is 0. The molecule has 1 aromatic rings. The fourth-order valence-electron chi connectivity index (χ4n) is 0.924. The quantitative estimate of drug-likeness (QED) is 0.831. The van der Waals surface area contributed by atoms with Gasteiger partial charge in [0.05, 0.1) is 6.61 Å². The van der Waals surface area contributed by atoms with Gasteiger partial charge in [0, 0.05) is 4.88 Å². The molecule has 0 atom stereocenters. The number of sulfonamides is 1. The Hall–Kier alpha value is -0.590. The maximum Gasteiger partial charge on any atom is 0.251 e. The summed E-state index contributed by atoms with van der Waals surface area (Å²) in [4.78, 5) is 0.868. The molecule has 1 heterocycles. The lowest BCUT2D eigenvalue weighted by Crippen LogP contribution is -2.11. The third-order valence-corrected chi connectivity index (χ3v) is 3.84. The predicted octanol–water partition coefficient (Wildman–Crippen LogP) is 1.10. The van der Waals surface area contributed by atoms with Crippen LogP contribution in [0.1, 0.15) is 11.8 Å². The fourth-order valence-corrected chi connectivity index (χ4v) is 2.86. The molecular weight excluding hydrogens is 210 g/mol. The zero-order chi connectivity index (χ0) is 10.1. The Morgan fingerprint density at radius 2 is 2.23 bits per heavy atom. The standard InChI is InChI=1S/C7H11NO3S2/c1-3-11-6-4-5(2)12-7(6)13(8,9)10/h4H,3H2,1-2H3,(H2,8,9,10). The molecule has 1 aromatic heterocycles. The Bertz CT molecular complexity index is 394. The van der Waals surface area contributed by atoms with Crippen LogP contribution in [0, 0.1) is 6.92 Å². The Balaban J connectivity index is 3.20. The summed E-state index contributed by atoms with van der Waals surface area (Å²) in [5.41, 5.74) is 0. The summed E-state index contributed by atoms with van der Waals surface area (Å²) in [6.45, 7) is 4.03. The van der Waals surface area contributed by atoms with Gasteiger partial charge in [-0.2, -0.15) is 0 Å². The van der Waals surface area contributed by atoms with Crippen LogP contribution in [0.2, 0.25) is 0 Å². The van der Waals surface area contributed by atoms with E-state index in [4.69, 9.17) is 9.88 Å². The minimum Gasteiger partial charge on any atom is -0.492 e. The molecule has 0 aliphatic heterocycles. The van der Waals surface area contributed by atoms with Gasteiger partial charge in [-0.25, -0.2) is 13.6 Å². The first-order valence-corrected chi connectivity index (χ1v) is 6.07. The van der Waals surface area contributed by atoms with E-state index in [2.05, 4.69) is 0 Å². The third-order valence-electron chi connectivity index (χ3n) is 1.35. The van der Waals surface area contributed by atoms with Gasteiger partial charge in [-0.05, 0) is 19.9 Å². The van der Waals surface area contributed by atoms with Crippen molar-refractivity contribution < 1.29 is 13.2 Å². The normalized spacial score (nSPS) is 11.6. The molecule has 0 unspecified atom stereocenters. The summed E-state index contributed by atoms with van der Waals surface area (Å²) < 4.78 is 27.3. The van der Waals surface area contributed by atoms with Crippen LogP contribution in [0.25, 0.3) is 0 Å². The summed E-state index contributed by atoms with van der Waals surface area (Å²) in [7, 11) is -3.64. The van der Waals surface area contributed by atoms with E-state index in [9.17, 15) is 8.42 Å². The molecule has 0 spiro atoms. The molecule has 4 nitrogen and oxygen atoms in total. The molecule has 0 aromatic carbocycles. The van der Waals surface area contributed by atoms with Gasteiger partial charge >= 0.3 is 0 Å². The van der Waals surface area contributed by atoms with Gasteiger partial charge < -0.3 is 4.74 Å². The van der Waals surface area contributed by atoms with Crippen molar-refractivity contribution in [3.05, 3.63) is 10.9 Å². The maximum absolute atomic E-state index is 11.1. The van der Waals surface area contributed by atoms with Crippen molar-refractivity contribution in [2.45, 2.75) is 18.1 Å². The van der Waals surface area contributed by atoms with Crippen molar-refractivity contribution in [3.8, 4) is 5.75 Å². The number of primary sulfonamides is 1. The van der Waals surface area contributed by atoms with Crippen molar-refractivity contribution in [1.29, 1.82) is 0 Å². The number of aryl methyl sites for hydroxylation is 1. The number of ether oxygens (including phenoxy) is 1. The number of nitrogens with two attached hydrogens (primary N) is 1. The van der Waals surface area contributed by atoms with E-state index in [0.717, 1.165) is 16.2 Å². The van der Waals surface area contributed by atoms with Crippen LogP contribution in [0.15, 0.2) is 10.3 Å². The van der Waals surface area contributed by atoms with Crippen molar-refractivity contribution in [2.24, 2.45) is 5.14 Å². The molecule has 0 radical (unpaired) electrons. The molecular formula is C7H11NO3S2. The van der Waals surface area contributed by atoms with E-state index in [-0.39, 0.29) is 4.21 Å². The van der Waals surface area contributed by atoms with Crippen molar-refractivity contribution in [3.63, 3.8) is 0 Å². The fraction of sp³-hybridized carbons (Fsp3) is 0.429. The van der Waals surface area contributed by atoms with Crippen LogP contribution < -0.4 is 9.88 Å². The Kier molecular flexibility index (Phi) is 2.94. The molecule has 2 N–H and O–H groups in total. The zero-order valence-corrected chi connectivity index (χ0v) is 9.04. The first kappa shape index (κ1) is 10.5. The van der Waals surface area contributed by atoms with Crippen molar-refractivity contribution >= 4 is 21.4 Å². The molecule has 1 rings (SSSR count). The van der Waals surface area contributed by atoms with Crippen LogP contribution in [0.5, 0.6) is 5.75 Å². The average molecular weight is 221 g/mol. The van der Waals surface area contributed by atoms with Crippen molar-refractivity contribution in [2.75, 3.05) is 6.61 Å². The molecule has 6 heteroatoms. The molecule has 13 heavy (non-hydrogen) atoms. The third kappa shape index (κ3) is 2.43. The van der Waals surface area contributed by atoms with Gasteiger partial charge in [-0.15, -0.1) is 11.3 Å². The van der Waals surface area contributed by atoms with Crippen molar-refractivity contribution in [1.82, 2.24) is 0 Å². The summed E-state index contributed by atoms with van der Waals surface area (Å²) >= 11 is 1.12. The Labute approximate surface area is 81.4 Å². The summed E-state index contributed by atoms with van der Waals surface area (Å²) in [5.74, 6) is 0.354. The molecule has 0 saturated carbocycles.